The van der Waals surface area contributed by atoms with Crippen molar-refractivity contribution in [2.75, 3.05) is 5.32 Å². The van der Waals surface area contributed by atoms with Crippen LogP contribution in [0, 0.1) is 5.41 Å². The quantitative estimate of drug-likeness (QED) is 0.817. The summed E-state index contributed by atoms with van der Waals surface area (Å²) in [5, 5.41) is 3.23. The number of carbonyl (C=O) groups is 1. The Hall–Kier alpha value is -1.83. The molecule has 1 aliphatic carbocycles. The van der Waals surface area contributed by atoms with Crippen LogP contribution in [0.5, 0.6) is 0 Å². The van der Waals surface area contributed by atoms with Crippen LogP contribution in [-0.4, -0.2) is 34.6 Å². The molecule has 3 N–H and O–H groups in total. The van der Waals surface area contributed by atoms with E-state index in [1.165, 1.54) is 6.20 Å². The monoisotopic (exact) mass is 356 g/mol. The molecule has 1 saturated carbocycles. The van der Waals surface area contributed by atoms with E-state index in [4.69, 9.17) is 5.73 Å². The Morgan fingerprint density at radius 2 is 2.00 bits per heavy atom. The lowest BCUT2D eigenvalue weighted by atomic mass is 9.89. The standard InChI is InChI=1S/C17H26F2N4O2/c1-17(2,3)8-13-12(14(20)24)9-21-16(23-13)22-10-4-6-11(7-5-10)25-15(18)19/h9-11,15H,4-8H2,1-3H3,(H2,20,24)(H,21,22,23). The molecule has 8 heteroatoms. The van der Waals surface area contributed by atoms with E-state index in [1.807, 2.05) is 0 Å². The highest BCUT2D eigenvalue weighted by Gasteiger charge is 2.25. The number of anilines is 1. The van der Waals surface area contributed by atoms with Crippen LogP contribution in [0.3, 0.4) is 0 Å². The summed E-state index contributed by atoms with van der Waals surface area (Å²) < 4.78 is 29.1. The topological polar surface area (TPSA) is 90.1 Å². The van der Waals surface area contributed by atoms with Gasteiger partial charge < -0.3 is 15.8 Å². The maximum atomic E-state index is 12.3. The molecule has 6 nitrogen and oxygen atoms in total. The van der Waals surface area contributed by atoms with Crippen LogP contribution in [0.2, 0.25) is 0 Å². The Morgan fingerprint density at radius 3 is 2.52 bits per heavy atom. The van der Waals surface area contributed by atoms with Crippen LogP contribution in [-0.2, 0) is 11.2 Å². The molecule has 1 aliphatic rings. The van der Waals surface area contributed by atoms with E-state index < -0.39 is 18.6 Å². The molecule has 1 amide bonds. The van der Waals surface area contributed by atoms with Crippen LogP contribution in [0.15, 0.2) is 6.20 Å². The molecule has 0 aromatic carbocycles. The fraction of sp³-hybridized carbons (Fsp3) is 0.706. The van der Waals surface area contributed by atoms with E-state index in [9.17, 15) is 13.6 Å². The molecule has 1 aromatic heterocycles. The zero-order chi connectivity index (χ0) is 18.6. The summed E-state index contributed by atoms with van der Waals surface area (Å²) in [4.78, 5) is 20.2. The summed E-state index contributed by atoms with van der Waals surface area (Å²) in [6.45, 7) is 3.44. The zero-order valence-electron chi connectivity index (χ0n) is 14.9. The number of alkyl halides is 2. The van der Waals surface area contributed by atoms with Gasteiger partial charge in [-0.2, -0.15) is 8.78 Å². The number of rotatable bonds is 6. The SMILES string of the molecule is CC(C)(C)Cc1nc(NC2CCC(OC(F)F)CC2)ncc1C(N)=O. The first-order valence-electron chi connectivity index (χ1n) is 8.50. The summed E-state index contributed by atoms with van der Waals surface area (Å²) in [5.41, 5.74) is 6.30. The van der Waals surface area contributed by atoms with Gasteiger partial charge in [-0.3, -0.25) is 4.79 Å². The summed E-state index contributed by atoms with van der Waals surface area (Å²) in [5.74, 6) is -0.113. The number of nitrogens with one attached hydrogen (secondary N) is 1. The number of hydrogen-bond donors (Lipinski definition) is 2. The van der Waals surface area contributed by atoms with Crippen molar-refractivity contribution in [3.63, 3.8) is 0 Å². The molecule has 2 rings (SSSR count). The Morgan fingerprint density at radius 1 is 1.36 bits per heavy atom. The van der Waals surface area contributed by atoms with Gasteiger partial charge in [-0.1, -0.05) is 20.8 Å². The molecule has 0 spiro atoms. The highest BCUT2D eigenvalue weighted by molar-refractivity contribution is 5.93. The minimum atomic E-state index is -2.72. The number of nitrogens with zero attached hydrogens (tertiary/aromatic N) is 2. The van der Waals surface area contributed by atoms with Crippen LogP contribution < -0.4 is 11.1 Å². The van der Waals surface area contributed by atoms with E-state index in [0.29, 0.717) is 49.3 Å². The molecule has 25 heavy (non-hydrogen) atoms. The molecule has 0 aliphatic heterocycles. The second-order valence-electron chi connectivity index (χ2n) is 7.67. The highest BCUT2D eigenvalue weighted by Crippen LogP contribution is 2.26. The first kappa shape index (κ1) is 19.5. The second kappa shape index (κ2) is 8.03. The molecule has 140 valence electrons. The average molecular weight is 356 g/mol. The molecular weight excluding hydrogens is 330 g/mol. The third-order valence-corrected chi connectivity index (χ3v) is 4.13. The van der Waals surface area contributed by atoms with Crippen molar-refractivity contribution >= 4 is 11.9 Å². The van der Waals surface area contributed by atoms with Crippen LogP contribution >= 0.6 is 0 Å². The van der Waals surface area contributed by atoms with Gasteiger partial charge in [0, 0.05) is 12.2 Å². The molecule has 1 fully saturated rings. The number of amides is 1. The first-order chi connectivity index (χ1) is 11.6. The summed E-state index contributed by atoms with van der Waals surface area (Å²) in [6.07, 6.45) is 4.18. The fourth-order valence-corrected chi connectivity index (χ4v) is 3.00. The van der Waals surface area contributed by atoms with E-state index in [-0.39, 0.29) is 11.5 Å². The minimum Gasteiger partial charge on any atom is -0.365 e. The summed E-state index contributed by atoms with van der Waals surface area (Å²) >= 11 is 0. The number of primary amides is 1. The highest BCUT2D eigenvalue weighted by atomic mass is 19.3. The predicted octanol–water partition coefficient (Wildman–Crippen LogP) is 3.13. The third-order valence-electron chi connectivity index (χ3n) is 4.13. The molecule has 0 atom stereocenters. The smallest absolute Gasteiger partial charge is 0.345 e. The van der Waals surface area contributed by atoms with Gasteiger partial charge in [0.2, 0.25) is 5.95 Å². The molecule has 0 unspecified atom stereocenters. The predicted molar refractivity (Wildman–Crippen MR) is 90.5 cm³/mol. The number of ether oxygens (including phenoxy) is 1. The molecule has 1 aromatic rings. The number of carbonyl (C=O) groups excluding carboxylic acids is 1. The van der Waals surface area contributed by atoms with Gasteiger partial charge in [0.05, 0.1) is 17.4 Å². The van der Waals surface area contributed by atoms with Crippen molar-refractivity contribution in [2.24, 2.45) is 11.1 Å². The van der Waals surface area contributed by atoms with E-state index >= 15 is 0 Å². The Balaban J connectivity index is 2.03. The summed E-state index contributed by atoms with van der Waals surface area (Å²) in [6, 6.07) is 0.0967. The van der Waals surface area contributed by atoms with Crippen molar-refractivity contribution in [1.82, 2.24) is 9.97 Å². The average Bonchev–Trinajstić information content (AvgIpc) is 2.47. The number of halogens is 2. The van der Waals surface area contributed by atoms with Gasteiger partial charge in [-0.25, -0.2) is 9.97 Å². The number of nitrogens with two attached hydrogens (primary N) is 1. The van der Waals surface area contributed by atoms with Crippen molar-refractivity contribution in [1.29, 1.82) is 0 Å². The molecule has 0 bridgehead atoms. The Bertz CT molecular complexity index is 597. The maximum Gasteiger partial charge on any atom is 0.345 e. The number of aromatic nitrogens is 2. The lowest BCUT2D eigenvalue weighted by Gasteiger charge is -2.29. The van der Waals surface area contributed by atoms with Crippen LogP contribution in [0.1, 0.15) is 62.5 Å². The van der Waals surface area contributed by atoms with Gasteiger partial charge in [-0.15, -0.1) is 0 Å². The van der Waals surface area contributed by atoms with Gasteiger partial charge in [0.15, 0.2) is 0 Å². The van der Waals surface area contributed by atoms with E-state index in [0.717, 1.165) is 0 Å². The third kappa shape index (κ3) is 6.19. The maximum absolute atomic E-state index is 12.3. The van der Waals surface area contributed by atoms with E-state index in [2.05, 4.69) is 40.8 Å². The van der Waals surface area contributed by atoms with Crippen molar-refractivity contribution in [2.45, 2.75) is 71.6 Å². The Kier molecular flexibility index (Phi) is 6.26. The van der Waals surface area contributed by atoms with Gasteiger partial charge >= 0.3 is 6.61 Å². The number of hydrogen-bond acceptors (Lipinski definition) is 5. The van der Waals surface area contributed by atoms with Gasteiger partial charge in [0.25, 0.3) is 5.91 Å². The fourth-order valence-electron chi connectivity index (χ4n) is 3.00. The normalized spacial score (nSPS) is 21.4. The van der Waals surface area contributed by atoms with Crippen molar-refractivity contribution < 1.29 is 18.3 Å². The lowest BCUT2D eigenvalue weighted by Crippen LogP contribution is -2.31. The van der Waals surface area contributed by atoms with E-state index in [1.54, 1.807) is 0 Å². The largest absolute Gasteiger partial charge is 0.365 e. The van der Waals surface area contributed by atoms with Crippen molar-refractivity contribution in [3.05, 3.63) is 17.5 Å². The molecule has 1 heterocycles. The second-order valence-corrected chi connectivity index (χ2v) is 7.67. The molecule has 0 radical (unpaired) electrons. The molecular formula is C17H26F2N4O2. The summed E-state index contributed by atoms with van der Waals surface area (Å²) in [7, 11) is 0. The van der Waals surface area contributed by atoms with Gasteiger partial charge in [-0.05, 0) is 37.5 Å². The van der Waals surface area contributed by atoms with Crippen LogP contribution in [0.25, 0.3) is 0 Å². The minimum absolute atomic E-state index is 0.0551. The Labute approximate surface area is 146 Å². The van der Waals surface area contributed by atoms with Gasteiger partial charge in [0.1, 0.15) is 0 Å². The van der Waals surface area contributed by atoms with Crippen LogP contribution in [0.4, 0.5) is 14.7 Å². The zero-order valence-corrected chi connectivity index (χ0v) is 14.9. The van der Waals surface area contributed by atoms with Crippen molar-refractivity contribution in [3.8, 4) is 0 Å². The molecule has 0 saturated heterocycles. The lowest BCUT2D eigenvalue weighted by molar-refractivity contribution is -0.169. The first-order valence-corrected chi connectivity index (χ1v) is 8.50.